The molecule has 2 fully saturated rings. The number of aromatic nitrogens is 2. The van der Waals surface area contributed by atoms with Gasteiger partial charge in [0, 0.05) is 41.8 Å². The maximum Gasteiger partial charge on any atom is 0.425 e. The van der Waals surface area contributed by atoms with Gasteiger partial charge in [0.15, 0.2) is 0 Å². The Labute approximate surface area is 193 Å². The van der Waals surface area contributed by atoms with Crippen molar-refractivity contribution in [3.8, 4) is 0 Å². The highest BCUT2D eigenvalue weighted by molar-refractivity contribution is 7.12. The van der Waals surface area contributed by atoms with E-state index >= 15 is 0 Å². The lowest BCUT2D eigenvalue weighted by molar-refractivity contribution is -0.146. The SMILES string of the molecule is OCc1c(C(F)(F)F)sc2c1CCOC21CCN(Cc2cnn(CC3(CO)COC3)c2)CC1. The fraction of sp³-hybridized carbons (Fsp3) is 0.682. The highest BCUT2D eigenvalue weighted by atomic mass is 32.1. The lowest BCUT2D eigenvalue weighted by Gasteiger charge is -2.43. The molecule has 0 bridgehead atoms. The Morgan fingerprint density at radius 2 is 1.94 bits per heavy atom. The van der Waals surface area contributed by atoms with Gasteiger partial charge in [0.05, 0.1) is 51.2 Å². The number of hydrogen-bond donors (Lipinski definition) is 2. The van der Waals surface area contributed by atoms with E-state index in [1.807, 2.05) is 17.1 Å². The van der Waals surface area contributed by atoms with Crippen molar-refractivity contribution in [2.45, 2.75) is 50.7 Å². The number of nitrogens with zero attached hydrogens (tertiary/aromatic N) is 3. The number of aliphatic hydroxyl groups excluding tert-OH is 2. The lowest BCUT2D eigenvalue weighted by atomic mass is 9.84. The third kappa shape index (κ3) is 4.23. The van der Waals surface area contributed by atoms with E-state index in [0.717, 1.165) is 16.9 Å². The summed E-state index contributed by atoms with van der Waals surface area (Å²) in [5.74, 6) is 0. The second-order valence-corrected chi connectivity index (χ2v) is 10.5. The van der Waals surface area contributed by atoms with Gasteiger partial charge in [-0.3, -0.25) is 9.58 Å². The predicted octanol–water partition coefficient (Wildman–Crippen LogP) is 2.53. The maximum atomic E-state index is 13.6. The zero-order valence-electron chi connectivity index (χ0n) is 18.2. The Morgan fingerprint density at radius 3 is 2.55 bits per heavy atom. The molecule has 2 aromatic rings. The molecule has 3 aliphatic heterocycles. The van der Waals surface area contributed by atoms with Crippen LogP contribution in [0.4, 0.5) is 13.2 Å². The Morgan fingerprint density at radius 1 is 1.18 bits per heavy atom. The molecule has 0 saturated carbocycles. The van der Waals surface area contributed by atoms with E-state index in [4.69, 9.17) is 9.47 Å². The minimum atomic E-state index is -4.47. The quantitative estimate of drug-likeness (QED) is 0.652. The number of rotatable bonds is 6. The second kappa shape index (κ2) is 8.62. The monoisotopic (exact) mass is 487 g/mol. The van der Waals surface area contributed by atoms with Crippen LogP contribution in [0.15, 0.2) is 12.4 Å². The van der Waals surface area contributed by atoms with Crippen molar-refractivity contribution in [2.24, 2.45) is 5.41 Å². The number of hydrogen-bond acceptors (Lipinski definition) is 7. The summed E-state index contributed by atoms with van der Waals surface area (Å²) in [6.45, 7) is 3.61. The summed E-state index contributed by atoms with van der Waals surface area (Å²) in [5, 5.41) is 23.7. The first-order chi connectivity index (χ1) is 15.8. The molecule has 3 aliphatic rings. The van der Waals surface area contributed by atoms with Crippen LogP contribution in [-0.2, 0) is 47.4 Å². The molecule has 0 amide bonds. The molecule has 0 atom stereocenters. The molecule has 33 heavy (non-hydrogen) atoms. The van der Waals surface area contributed by atoms with Crippen LogP contribution in [-0.4, -0.2) is 64.4 Å². The molecule has 0 aromatic carbocycles. The van der Waals surface area contributed by atoms with E-state index in [9.17, 15) is 23.4 Å². The summed E-state index contributed by atoms with van der Waals surface area (Å²) in [6.07, 6.45) is 0.971. The van der Waals surface area contributed by atoms with Crippen molar-refractivity contribution in [1.29, 1.82) is 0 Å². The minimum Gasteiger partial charge on any atom is -0.396 e. The number of fused-ring (bicyclic) bond motifs is 2. The predicted molar refractivity (Wildman–Crippen MR) is 114 cm³/mol. The number of ether oxygens (including phenoxy) is 2. The van der Waals surface area contributed by atoms with E-state index < -0.39 is 23.3 Å². The first kappa shape index (κ1) is 23.3. The Balaban J connectivity index is 1.26. The third-order valence-electron chi connectivity index (χ3n) is 7.08. The van der Waals surface area contributed by atoms with Crippen LogP contribution in [0.1, 0.15) is 39.3 Å². The first-order valence-electron chi connectivity index (χ1n) is 11.2. The third-order valence-corrected chi connectivity index (χ3v) is 8.59. The molecule has 182 valence electrons. The standard InChI is InChI=1S/C22H28F3N3O4S/c23-22(24,25)19-17(10-29)16-1-6-32-21(18(16)33-19)2-4-27(5-3-21)8-15-7-26-28(9-15)11-20(12-30)13-31-14-20/h7,9,29-30H,1-6,8,10-14H2. The molecule has 5 heterocycles. The molecule has 7 nitrogen and oxygen atoms in total. The van der Waals surface area contributed by atoms with E-state index in [0.29, 0.717) is 75.7 Å². The number of halogens is 3. The van der Waals surface area contributed by atoms with Gasteiger partial charge in [-0.05, 0) is 24.8 Å². The van der Waals surface area contributed by atoms with Crippen LogP contribution in [0, 0.1) is 5.41 Å². The van der Waals surface area contributed by atoms with Gasteiger partial charge in [-0.15, -0.1) is 11.3 Å². The molecular formula is C22H28F3N3O4S. The number of likely N-dealkylation sites (tertiary alicyclic amines) is 1. The average molecular weight is 488 g/mol. The number of alkyl halides is 3. The Hall–Kier alpha value is -1.50. The molecule has 2 aromatic heterocycles. The molecule has 0 radical (unpaired) electrons. The largest absolute Gasteiger partial charge is 0.425 e. The van der Waals surface area contributed by atoms with E-state index in [-0.39, 0.29) is 17.6 Å². The molecule has 0 unspecified atom stereocenters. The summed E-state index contributed by atoms with van der Waals surface area (Å²) in [7, 11) is 0. The number of aliphatic hydroxyl groups is 2. The fourth-order valence-electron chi connectivity index (χ4n) is 5.19. The van der Waals surface area contributed by atoms with Crippen LogP contribution in [0.3, 0.4) is 0 Å². The van der Waals surface area contributed by atoms with Crippen molar-refractivity contribution in [2.75, 3.05) is 39.5 Å². The number of piperidine rings is 1. The van der Waals surface area contributed by atoms with Crippen LogP contribution >= 0.6 is 11.3 Å². The maximum absolute atomic E-state index is 13.6. The number of thiophene rings is 1. The van der Waals surface area contributed by atoms with Crippen molar-refractivity contribution in [3.05, 3.63) is 38.8 Å². The van der Waals surface area contributed by atoms with Gasteiger partial charge in [0.1, 0.15) is 10.5 Å². The van der Waals surface area contributed by atoms with Gasteiger partial charge in [-0.2, -0.15) is 18.3 Å². The zero-order chi connectivity index (χ0) is 23.3. The van der Waals surface area contributed by atoms with Crippen LogP contribution < -0.4 is 0 Å². The minimum absolute atomic E-state index is 0.0255. The molecule has 11 heteroatoms. The van der Waals surface area contributed by atoms with E-state index in [1.54, 1.807) is 0 Å². The Kier molecular flexibility index (Phi) is 6.07. The zero-order valence-corrected chi connectivity index (χ0v) is 19.1. The van der Waals surface area contributed by atoms with Crippen molar-refractivity contribution in [1.82, 2.24) is 14.7 Å². The summed E-state index contributed by atoms with van der Waals surface area (Å²) >= 11 is 0.750. The molecular weight excluding hydrogens is 459 g/mol. The van der Waals surface area contributed by atoms with Crippen LogP contribution in [0.2, 0.25) is 0 Å². The Bertz CT molecular complexity index is 988. The molecule has 2 N–H and O–H groups in total. The van der Waals surface area contributed by atoms with E-state index in [1.165, 1.54) is 0 Å². The summed E-state index contributed by atoms with van der Waals surface area (Å²) in [6, 6.07) is 0. The van der Waals surface area contributed by atoms with Crippen LogP contribution in [0.5, 0.6) is 0 Å². The highest BCUT2D eigenvalue weighted by Gasteiger charge is 2.47. The topological polar surface area (TPSA) is 80.0 Å². The second-order valence-electron chi connectivity index (χ2n) is 9.44. The van der Waals surface area contributed by atoms with Crippen molar-refractivity contribution in [3.63, 3.8) is 0 Å². The first-order valence-corrected chi connectivity index (χ1v) is 12.0. The van der Waals surface area contributed by atoms with Gasteiger partial charge < -0.3 is 19.7 Å². The van der Waals surface area contributed by atoms with Crippen molar-refractivity contribution >= 4 is 11.3 Å². The van der Waals surface area contributed by atoms with Gasteiger partial charge in [-0.1, -0.05) is 0 Å². The average Bonchev–Trinajstić information content (AvgIpc) is 3.37. The van der Waals surface area contributed by atoms with Gasteiger partial charge in [-0.25, -0.2) is 0 Å². The molecule has 0 aliphatic carbocycles. The summed E-state index contributed by atoms with van der Waals surface area (Å²) in [5.41, 5.74) is 0.762. The van der Waals surface area contributed by atoms with Gasteiger partial charge >= 0.3 is 6.18 Å². The lowest BCUT2D eigenvalue weighted by Crippen LogP contribution is -2.48. The fourth-order valence-corrected chi connectivity index (χ4v) is 6.61. The highest BCUT2D eigenvalue weighted by Crippen LogP contribution is 2.50. The summed E-state index contributed by atoms with van der Waals surface area (Å²) in [4.78, 5) is 2.23. The molecule has 1 spiro atoms. The van der Waals surface area contributed by atoms with Gasteiger partial charge in [0.2, 0.25) is 0 Å². The smallest absolute Gasteiger partial charge is 0.396 e. The van der Waals surface area contributed by atoms with Crippen LogP contribution in [0.25, 0.3) is 0 Å². The normalized spacial score (nSPS) is 22.3. The molecule has 2 saturated heterocycles. The van der Waals surface area contributed by atoms with E-state index in [2.05, 4.69) is 10.00 Å². The molecule has 5 rings (SSSR count). The van der Waals surface area contributed by atoms with Gasteiger partial charge in [0.25, 0.3) is 0 Å². The summed E-state index contributed by atoms with van der Waals surface area (Å²) < 4.78 is 53.9. The van der Waals surface area contributed by atoms with Crippen molar-refractivity contribution < 1.29 is 32.9 Å².